The number of carbonyl (C=O) groups is 3. The molecule has 2 aliphatic heterocycles. The number of amides is 2. The highest BCUT2D eigenvalue weighted by Gasteiger charge is 2.27. The molecule has 2 aromatic carbocycles. The van der Waals surface area contributed by atoms with Gasteiger partial charge >= 0.3 is 0 Å². The molecular formula is C25H28ClN3O5. The molecule has 1 saturated heterocycles. The lowest BCUT2D eigenvalue weighted by Gasteiger charge is -2.30. The van der Waals surface area contributed by atoms with Crippen LogP contribution in [0.1, 0.15) is 28.8 Å². The van der Waals surface area contributed by atoms with Gasteiger partial charge in [0, 0.05) is 22.2 Å². The van der Waals surface area contributed by atoms with Gasteiger partial charge in [-0.2, -0.15) is 0 Å². The average Bonchev–Trinajstić information content (AvgIpc) is 2.85. The number of hydrogen-bond donors (Lipinski definition) is 2. The third kappa shape index (κ3) is 5.87. The first-order chi connectivity index (χ1) is 16.4. The van der Waals surface area contributed by atoms with Crippen molar-refractivity contribution in [3.05, 3.63) is 52.5 Å². The molecule has 0 saturated carbocycles. The van der Waals surface area contributed by atoms with Crippen LogP contribution in [0.25, 0.3) is 0 Å². The van der Waals surface area contributed by atoms with Crippen LogP contribution in [0.2, 0.25) is 5.02 Å². The summed E-state index contributed by atoms with van der Waals surface area (Å²) in [5.41, 5.74) is 2.02. The first kappa shape index (κ1) is 24.0. The molecule has 2 heterocycles. The maximum absolute atomic E-state index is 12.9. The van der Waals surface area contributed by atoms with Gasteiger partial charge in [0.15, 0.2) is 17.3 Å². The zero-order valence-electron chi connectivity index (χ0n) is 19.1. The fourth-order valence-electron chi connectivity index (χ4n) is 4.16. The van der Waals surface area contributed by atoms with Crippen molar-refractivity contribution in [2.45, 2.75) is 19.8 Å². The number of rotatable bonds is 7. The molecule has 0 aliphatic carbocycles. The number of fused-ring (bicyclic) bond motifs is 1. The number of ketones is 1. The molecule has 2 amide bonds. The largest absolute Gasteiger partial charge is 0.486 e. The summed E-state index contributed by atoms with van der Waals surface area (Å²) in [4.78, 5) is 39.4. The molecule has 0 radical (unpaired) electrons. The summed E-state index contributed by atoms with van der Waals surface area (Å²) in [5.74, 6) is 0.737. The van der Waals surface area contributed by atoms with E-state index < -0.39 is 0 Å². The number of halogens is 1. The lowest BCUT2D eigenvalue weighted by Crippen LogP contribution is -2.44. The van der Waals surface area contributed by atoms with E-state index in [0.29, 0.717) is 66.9 Å². The molecule has 2 aromatic rings. The maximum Gasteiger partial charge on any atom is 0.243 e. The molecule has 34 heavy (non-hydrogen) atoms. The normalized spacial score (nSPS) is 16.1. The first-order valence-electron chi connectivity index (χ1n) is 11.4. The lowest BCUT2D eigenvalue weighted by molar-refractivity contribution is -0.125. The minimum absolute atomic E-state index is 0.0893. The molecule has 0 unspecified atom stereocenters. The van der Waals surface area contributed by atoms with Gasteiger partial charge in [0.05, 0.1) is 13.1 Å². The molecule has 0 aromatic heterocycles. The number of nitrogens with one attached hydrogen (secondary N) is 2. The molecular weight excluding hydrogens is 458 g/mol. The second-order valence-corrected chi connectivity index (χ2v) is 8.92. The van der Waals surface area contributed by atoms with Gasteiger partial charge in [-0.15, -0.1) is 0 Å². The van der Waals surface area contributed by atoms with Gasteiger partial charge in [0.1, 0.15) is 13.2 Å². The first-order valence-corrected chi connectivity index (χ1v) is 11.8. The number of benzene rings is 2. The minimum atomic E-state index is -0.317. The number of anilines is 1. The molecule has 0 atom stereocenters. The Morgan fingerprint density at radius 1 is 1.03 bits per heavy atom. The molecule has 0 spiro atoms. The molecule has 8 nitrogen and oxygen atoms in total. The Morgan fingerprint density at radius 3 is 2.53 bits per heavy atom. The van der Waals surface area contributed by atoms with Crippen molar-refractivity contribution < 1.29 is 23.9 Å². The monoisotopic (exact) mass is 485 g/mol. The van der Waals surface area contributed by atoms with E-state index in [1.807, 2.05) is 11.8 Å². The standard InChI is InChI=1S/C25H28ClN3O5/c1-16-19(26)3-2-4-20(16)28-23(30)14-27-24(31)15-29-9-7-17(8-10-29)25(32)18-5-6-21-22(13-18)34-12-11-33-21/h2-6,13,17H,7-12,14-15H2,1H3,(H,27,31)(H,28,30). The predicted molar refractivity (Wildman–Crippen MR) is 129 cm³/mol. The number of nitrogens with zero attached hydrogens (tertiary/aromatic N) is 1. The molecule has 0 bridgehead atoms. The summed E-state index contributed by atoms with van der Waals surface area (Å²) >= 11 is 6.07. The van der Waals surface area contributed by atoms with E-state index in [2.05, 4.69) is 10.6 Å². The highest BCUT2D eigenvalue weighted by atomic mass is 35.5. The molecule has 2 aliphatic rings. The van der Waals surface area contributed by atoms with Crippen LogP contribution in [0.4, 0.5) is 5.69 Å². The SMILES string of the molecule is Cc1c(Cl)cccc1NC(=O)CNC(=O)CN1CCC(C(=O)c2ccc3c(c2)OCCO3)CC1. The van der Waals surface area contributed by atoms with Crippen LogP contribution in [-0.2, 0) is 9.59 Å². The summed E-state index contributed by atoms with van der Waals surface area (Å²) in [7, 11) is 0. The summed E-state index contributed by atoms with van der Waals surface area (Å²) in [6.45, 7) is 4.16. The number of carbonyl (C=O) groups excluding carboxylic acids is 3. The lowest BCUT2D eigenvalue weighted by atomic mass is 9.88. The van der Waals surface area contributed by atoms with Gasteiger partial charge in [-0.05, 0) is 68.8 Å². The number of ether oxygens (including phenoxy) is 2. The van der Waals surface area contributed by atoms with Gasteiger partial charge in [0.2, 0.25) is 11.8 Å². The van der Waals surface area contributed by atoms with Crippen molar-refractivity contribution in [2.75, 3.05) is 44.7 Å². The quantitative estimate of drug-likeness (QED) is 0.585. The minimum Gasteiger partial charge on any atom is -0.486 e. The Morgan fingerprint density at radius 2 is 1.76 bits per heavy atom. The van der Waals surface area contributed by atoms with Crippen LogP contribution in [0.15, 0.2) is 36.4 Å². The van der Waals surface area contributed by atoms with E-state index in [1.165, 1.54) is 0 Å². The summed E-state index contributed by atoms with van der Waals surface area (Å²) in [6, 6.07) is 10.6. The van der Waals surface area contributed by atoms with Crippen molar-refractivity contribution in [3.63, 3.8) is 0 Å². The third-order valence-electron chi connectivity index (χ3n) is 6.14. The van der Waals surface area contributed by atoms with E-state index in [9.17, 15) is 14.4 Å². The molecule has 4 rings (SSSR count). The zero-order valence-corrected chi connectivity index (χ0v) is 19.8. The van der Waals surface area contributed by atoms with E-state index in [-0.39, 0.29) is 36.6 Å². The number of hydrogen-bond acceptors (Lipinski definition) is 6. The number of Topliss-reactive ketones (excluding diaryl/α,β-unsaturated/α-hetero) is 1. The summed E-state index contributed by atoms with van der Waals surface area (Å²) < 4.78 is 11.1. The predicted octanol–water partition coefficient (Wildman–Crippen LogP) is 3.07. The van der Waals surface area contributed by atoms with E-state index in [1.54, 1.807) is 36.4 Å². The fraction of sp³-hybridized carbons (Fsp3) is 0.400. The summed E-state index contributed by atoms with van der Waals surface area (Å²) in [5, 5.41) is 5.98. The average molecular weight is 486 g/mol. The van der Waals surface area contributed by atoms with Crippen LogP contribution >= 0.6 is 11.6 Å². The van der Waals surface area contributed by atoms with Crippen molar-refractivity contribution in [2.24, 2.45) is 5.92 Å². The van der Waals surface area contributed by atoms with Crippen LogP contribution in [0, 0.1) is 12.8 Å². The smallest absolute Gasteiger partial charge is 0.243 e. The fourth-order valence-corrected chi connectivity index (χ4v) is 4.34. The van der Waals surface area contributed by atoms with Gasteiger partial charge in [0.25, 0.3) is 0 Å². The molecule has 9 heteroatoms. The Bertz CT molecular complexity index is 1080. The van der Waals surface area contributed by atoms with Crippen LogP contribution in [0.5, 0.6) is 11.5 Å². The Hall–Kier alpha value is -3.10. The van der Waals surface area contributed by atoms with Crippen LogP contribution in [0.3, 0.4) is 0 Å². The van der Waals surface area contributed by atoms with E-state index in [0.717, 1.165) is 5.56 Å². The summed E-state index contributed by atoms with van der Waals surface area (Å²) in [6.07, 6.45) is 1.35. The second kappa shape index (κ2) is 10.9. The highest BCUT2D eigenvalue weighted by molar-refractivity contribution is 6.31. The maximum atomic E-state index is 12.9. The van der Waals surface area contributed by atoms with Crippen LogP contribution in [-0.4, -0.2) is 61.9 Å². The Kier molecular flexibility index (Phi) is 7.70. The molecule has 1 fully saturated rings. The van der Waals surface area contributed by atoms with Crippen molar-refractivity contribution in [3.8, 4) is 11.5 Å². The molecule has 2 N–H and O–H groups in total. The topological polar surface area (TPSA) is 97.0 Å². The zero-order chi connectivity index (χ0) is 24.1. The number of likely N-dealkylation sites (tertiary alicyclic amines) is 1. The molecule has 180 valence electrons. The third-order valence-corrected chi connectivity index (χ3v) is 6.55. The van der Waals surface area contributed by atoms with Gasteiger partial charge in [-0.1, -0.05) is 17.7 Å². The van der Waals surface area contributed by atoms with Gasteiger partial charge < -0.3 is 20.1 Å². The van der Waals surface area contributed by atoms with Crippen LogP contribution < -0.4 is 20.1 Å². The van der Waals surface area contributed by atoms with Gasteiger partial charge in [-0.25, -0.2) is 0 Å². The Labute approximate surface area is 203 Å². The highest BCUT2D eigenvalue weighted by Crippen LogP contribution is 2.32. The second-order valence-electron chi connectivity index (χ2n) is 8.51. The van der Waals surface area contributed by atoms with E-state index in [4.69, 9.17) is 21.1 Å². The number of piperidine rings is 1. The van der Waals surface area contributed by atoms with Gasteiger partial charge in [-0.3, -0.25) is 19.3 Å². The van der Waals surface area contributed by atoms with Crippen molar-refractivity contribution >= 4 is 34.9 Å². The van der Waals surface area contributed by atoms with E-state index >= 15 is 0 Å². The Balaban J connectivity index is 1.20. The van der Waals surface area contributed by atoms with Crippen molar-refractivity contribution in [1.29, 1.82) is 0 Å². The van der Waals surface area contributed by atoms with Crippen molar-refractivity contribution in [1.82, 2.24) is 10.2 Å².